The van der Waals surface area contributed by atoms with E-state index in [9.17, 15) is 4.79 Å². The predicted octanol–water partition coefficient (Wildman–Crippen LogP) is 2.82. The minimum atomic E-state index is -0.477. The second-order valence-electron chi connectivity index (χ2n) is 4.21. The van der Waals surface area contributed by atoms with Crippen molar-refractivity contribution in [3.05, 3.63) is 54.1 Å². The number of rotatable bonds is 3. The van der Waals surface area contributed by atoms with Crippen LogP contribution >= 0.6 is 0 Å². The maximum atomic E-state index is 11.7. The molecule has 4 nitrogen and oxygen atoms in total. The number of ether oxygens (including phenoxy) is 1. The highest BCUT2D eigenvalue weighted by Crippen LogP contribution is 2.19. The quantitative estimate of drug-likeness (QED) is 0.613. The van der Waals surface area contributed by atoms with Crippen LogP contribution in [0.25, 0.3) is 0 Å². The van der Waals surface area contributed by atoms with Crippen molar-refractivity contribution in [1.29, 1.82) is 0 Å². The van der Waals surface area contributed by atoms with Crippen molar-refractivity contribution in [1.82, 2.24) is 9.97 Å². The van der Waals surface area contributed by atoms with Gasteiger partial charge in [-0.25, -0.2) is 14.8 Å². The summed E-state index contributed by atoms with van der Waals surface area (Å²) in [4.78, 5) is 19.3. The smallest absolute Gasteiger partial charge is 0.362 e. The predicted molar refractivity (Wildman–Crippen MR) is 67.5 cm³/mol. The molecule has 0 unspecified atom stereocenters. The molecule has 92 valence electrons. The first-order valence-electron chi connectivity index (χ1n) is 5.75. The first kappa shape index (κ1) is 12.2. The van der Waals surface area contributed by atoms with E-state index in [1.54, 1.807) is 12.1 Å². The standard InChI is InChI=1S/C14H14N2O2/c1-10(2)11-3-5-12(6-4-11)18-14(17)13-7-8-15-9-16-13/h3-10H,1-2H3. The molecule has 0 saturated carbocycles. The maximum Gasteiger partial charge on any atom is 0.362 e. The number of hydrogen-bond acceptors (Lipinski definition) is 4. The molecule has 2 rings (SSSR count). The van der Waals surface area contributed by atoms with Crippen LogP contribution in [0.2, 0.25) is 0 Å². The van der Waals surface area contributed by atoms with Gasteiger partial charge in [0.25, 0.3) is 0 Å². The van der Waals surface area contributed by atoms with Crippen LogP contribution in [0.4, 0.5) is 0 Å². The molecular weight excluding hydrogens is 228 g/mol. The van der Waals surface area contributed by atoms with E-state index >= 15 is 0 Å². The summed E-state index contributed by atoms with van der Waals surface area (Å²) in [5, 5.41) is 0. The topological polar surface area (TPSA) is 52.1 Å². The monoisotopic (exact) mass is 242 g/mol. The Bertz CT molecular complexity index is 521. The van der Waals surface area contributed by atoms with Gasteiger partial charge in [-0.3, -0.25) is 0 Å². The number of carbonyl (C=O) groups is 1. The minimum absolute atomic E-state index is 0.248. The average Bonchev–Trinajstić information content (AvgIpc) is 2.40. The Morgan fingerprint density at radius 2 is 1.89 bits per heavy atom. The van der Waals surface area contributed by atoms with Crippen LogP contribution in [0.5, 0.6) is 5.75 Å². The largest absolute Gasteiger partial charge is 0.422 e. The summed E-state index contributed by atoms with van der Waals surface area (Å²) in [7, 11) is 0. The van der Waals surface area contributed by atoms with Crippen LogP contribution in [0, 0.1) is 0 Å². The van der Waals surface area contributed by atoms with Crippen molar-refractivity contribution in [2.45, 2.75) is 19.8 Å². The summed E-state index contributed by atoms with van der Waals surface area (Å²) in [6.07, 6.45) is 2.82. The number of hydrogen-bond donors (Lipinski definition) is 0. The summed E-state index contributed by atoms with van der Waals surface area (Å²) in [6, 6.07) is 8.99. The van der Waals surface area contributed by atoms with Gasteiger partial charge in [0.05, 0.1) is 0 Å². The molecule has 1 aromatic carbocycles. The lowest BCUT2D eigenvalue weighted by molar-refractivity contribution is 0.0728. The summed E-state index contributed by atoms with van der Waals surface area (Å²) < 4.78 is 5.21. The van der Waals surface area contributed by atoms with Crippen LogP contribution in [0.1, 0.15) is 35.8 Å². The zero-order chi connectivity index (χ0) is 13.0. The van der Waals surface area contributed by atoms with E-state index in [4.69, 9.17) is 4.74 Å². The molecule has 0 aliphatic rings. The third-order valence-electron chi connectivity index (χ3n) is 2.55. The summed E-state index contributed by atoms with van der Waals surface area (Å²) >= 11 is 0. The first-order chi connectivity index (χ1) is 8.66. The number of carbonyl (C=O) groups excluding carboxylic acids is 1. The molecule has 0 spiro atoms. The Morgan fingerprint density at radius 3 is 2.44 bits per heavy atom. The average molecular weight is 242 g/mol. The highest BCUT2D eigenvalue weighted by molar-refractivity contribution is 5.88. The zero-order valence-corrected chi connectivity index (χ0v) is 10.3. The summed E-state index contributed by atoms with van der Waals surface area (Å²) in [5.74, 6) is 0.495. The molecule has 1 heterocycles. The molecule has 4 heteroatoms. The van der Waals surface area contributed by atoms with Gasteiger partial charge in [0.15, 0.2) is 5.69 Å². The summed E-state index contributed by atoms with van der Waals surface area (Å²) in [6.45, 7) is 4.23. The Morgan fingerprint density at radius 1 is 1.17 bits per heavy atom. The van der Waals surface area contributed by atoms with Gasteiger partial charge in [0.2, 0.25) is 0 Å². The molecule has 18 heavy (non-hydrogen) atoms. The van der Waals surface area contributed by atoms with Crippen LogP contribution in [0.3, 0.4) is 0 Å². The molecule has 0 amide bonds. The van der Waals surface area contributed by atoms with Crippen molar-refractivity contribution in [3.8, 4) is 5.75 Å². The van der Waals surface area contributed by atoms with Gasteiger partial charge in [-0.2, -0.15) is 0 Å². The molecule has 0 fully saturated rings. The fraction of sp³-hybridized carbons (Fsp3) is 0.214. The number of esters is 1. The fourth-order valence-corrected chi connectivity index (χ4v) is 1.49. The van der Waals surface area contributed by atoms with Crippen molar-refractivity contribution in [2.24, 2.45) is 0 Å². The van der Waals surface area contributed by atoms with E-state index in [0.29, 0.717) is 11.7 Å². The third kappa shape index (κ3) is 2.91. The molecule has 0 saturated heterocycles. The SMILES string of the molecule is CC(C)c1ccc(OC(=O)c2ccncn2)cc1. The normalized spacial score (nSPS) is 10.4. The highest BCUT2D eigenvalue weighted by Gasteiger charge is 2.09. The molecule has 0 radical (unpaired) electrons. The second kappa shape index (κ2) is 5.40. The van der Waals surface area contributed by atoms with Gasteiger partial charge in [-0.1, -0.05) is 26.0 Å². The Hall–Kier alpha value is -2.23. The van der Waals surface area contributed by atoms with Gasteiger partial charge in [0, 0.05) is 6.20 Å². The number of nitrogens with zero attached hydrogens (tertiary/aromatic N) is 2. The molecule has 1 aromatic heterocycles. The number of aromatic nitrogens is 2. The van der Waals surface area contributed by atoms with E-state index in [1.165, 1.54) is 24.2 Å². The molecule has 0 atom stereocenters. The minimum Gasteiger partial charge on any atom is -0.422 e. The third-order valence-corrected chi connectivity index (χ3v) is 2.55. The van der Waals surface area contributed by atoms with E-state index in [1.807, 2.05) is 12.1 Å². The Balaban J connectivity index is 2.08. The van der Waals surface area contributed by atoms with Crippen molar-refractivity contribution in [3.63, 3.8) is 0 Å². The molecule has 0 bridgehead atoms. The van der Waals surface area contributed by atoms with Gasteiger partial charge in [-0.05, 0) is 29.7 Å². The van der Waals surface area contributed by atoms with Crippen LogP contribution in [-0.4, -0.2) is 15.9 Å². The number of benzene rings is 1. The van der Waals surface area contributed by atoms with Crippen molar-refractivity contribution < 1.29 is 9.53 Å². The van der Waals surface area contributed by atoms with Gasteiger partial charge >= 0.3 is 5.97 Å². The zero-order valence-electron chi connectivity index (χ0n) is 10.3. The van der Waals surface area contributed by atoms with E-state index < -0.39 is 5.97 Å². The van der Waals surface area contributed by atoms with E-state index in [0.717, 1.165) is 0 Å². The van der Waals surface area contributed by atoms with Crippen LogP contribution in [0.15, 0.2) is 42.9 Å². The fourth-order valence-electron chi connectivity index (χ4n) is 1.49. The van der Waals surface area contributed by atoms with Crippen LogP contribution in [-0.2, 0) is 0 Å². The molecule has 0 aliphatic carbocycles. The van der Waals surface area contributed by atoms with E-state index in [-0.39, 0.29) is 5.69 Å². The lowest BCUT2D eigenvalue weighted by atomic mass is 10.0. The second-order valence-corrected chi connectivity index (χ2v) is 4.21. The molecule has 0 aliphatic heterocycles. The maximum absolute atomic E-state index is 11.7. The molecule has 0 N–H and O–H groups in total. The van der Waals surface area contributed by atoms with Gasteiger partial charge < -0.3 is 4.74 Å². The first-order valence-corrected chi connectivity index (χ1v) is 5.75. The highest BCUT2D eigenvalue weighted by atomic mass is 16.5. The Kier molecular flexibility index (Phi) is 3.67. The van der Waals surface area contributed by atoms with Gasteiger partial charge in [0.1, 0.15) is 12.1 Å². The molecular formula is C14H14N2O2. The van der Waals surface area contributed by atoms with Gasteiger partial charge in [-0.15, -0.1) is 0 Å². The van der Waals surface area contributed by atoms with Crippen LogP contribution < -0.4 is 4.74 Å². The summed E-state index contributed by atoms with van der Waals surface area (Å²) in [5.41, 5.74) is 1.45. The van der Waals surface area contributed by atoms with Crippen molar-refractivity contribution in [2.75, 3.05) is 0 Å². The lowest BCUT2D eigenvalue weighted by Gasteiger charge is -2.07. The van der Waals surface area contributed by atoms with Crippen molar-refractivity contribution >= 4 is 5.97 Å². The van der Waals surface area contributed by atoms with E-state index in [2.05, 4.69) is 23.8 Å². The lowest BCUT2D eigenvalue weighted by Crippen LogP contribution is -2.10. The molecule has 2 aromatic rings. The Labute approximate surface area is 106 Å².